The Kier molecular flexibility index (Phi) is 6.65. The second kappa shape index (κ2) is 10.3. The number of carbonyl (C=O) groups is 1. The van der Waals surface area contributed by atoms with Gasteiger partial charge < -0.3 is 19.9 Å². The molecule has 1 aliphatic heterocycles. The van der Waals surface area contributed by atoms with Crippen LogP contribution in [0.2, 0.25) is 0 Å². The molecule has 0 radical (unpaired) electrons. The van der Waals surface area contributed by atoms with Crippen molar-refractivity contribution in [1.82, 2.24) is 30.0 Å². The van der Waals surface area contributed by atoms with Gasteiger partial charge in [0.15, 0.2) is 0 Å². The fourth-order valence-electron chi connectivity index (χ4n) is 3.92. The molecule has 1 amide bonds. The number of rotatable bonds is 6. The molecule has 0 bridgehead atoms. The average molecular weight is 483 g/mol. The van der Waals surface area contributed by atoms with Crippen LogP contribution in [0.1, 0.15) is 21.9 Å². The molecule has 0 aliphatic carbocycles. The normalized spacial score (nSPS) is 13.4. The summed E-state index contributed by atoms with van der Waals surface area (Å²) in [5.74, 6) is 3.79. The number of aryl methyl sites for hydroxylation is 2. The number of aromatic nitrogens is 5. The zero-order chi connectivity index (χ0) is 24.9. The first-order valence-corrected chi connectivity index (χ1v) is 11.7. The van der Waals surface area contributed by atoms with Gasteiger partial charge in [-0.25, -0.2) is 15.0 Å². The summed E-state index contributed by atoms with van der Waals surface area (Å²) in [7, 11) is 0. The summed E-state index contributed by atoms with van der Waals surface area (Å²) >= 11 is 0. The third-order valence-electron chi connectivity index (χ3n) is 5.71. The lowest BCUT2D eigenvalue weighted by Crippen LogP contribution is -2.49. The maximum Gasteiger partial charge on any atom is 0.254 e. The molecule has 0 unspecified atom stereocenters. The molecule has 1 N–H and O–H groups in total. The topological polar surface area (TPSA) is 109 Å². The minimum atomic E-state index is -0.0357. The van der Waals surface area contributed by atoms with Gasteiger partial charge in [0.1, 0.15) is 29.0 Å². The van der Waals surface area contributed by atoms with Crippen molar-refractivity contribution in [3.8, 4) is 11.6 Å². The summed E-state index contributed by atoms with van der Waals surface area (Å²) in [6, 6.07) is 18.3. The van der Waals surface area contributed by atoms with Gasteiger partial charge in [0.25, 0.3) is 5.91 Å². The third-order valence-corrected chi connectivity index (χ3v) is 5.71. The van der Waals surface area contributed by atoms with Gasteiger partial charge in [-0.05, 0) is 50.2 Å². The molecule has 10 nitrogen and oxygen atoms in total. The molecule has 1 aromatic carbocycles. The van der Waals surface area contributed by atoms with E-state index in [0.29, 0.717) is 55.0 Å². The van der Waals surface area contributed by atoms with E-state index in [1.165, 1.54) is 0 Å². The number of nitrogens with one attached hydrogen (secondary N) is 1. The van der Waals surface area contributed by atoms with E-state index in [-0.39, 0.29) is 5.91 Å². The van der Waals surface area contributed by atoms with Crippen molar-refractivity contribution in [2.24, 2.45) is 0 Å². The van der Waals surface area contributed by atoms with Crippen molar-refractivity contribution < 1.29 is 9.53 Å². The summed E-state index contributed by atoms with van der Waals surface area (Å²) in [5, 5.41) is 11.2. The number of nitrogens with zero attached hydrogens (tertiary/aromatic N) is 7. The van der Waals surface area contributed by atoms with Gasteiger partial charge in [-0.3, -0.25) is 4.79 Å². The Labute approximate surface area is 209 Å². The molecule has 5 rings (SSSR count). The van der Waals surface area contributed by atoms with E-state index in [9.17, 15) is 4.79 Å². The van der Waals surface area contributed by atoms with Crippen molar-refractivity contribution in [1.29, 1.82) is 0 Å². The van der Waals surface area contributed by atoms with Crippen molar-refractivity contribution >= 4 is 23.4 Å². The molecule has 4 heterocycles. The fourth-order valence-corrected chi connectivity index (χ4v) is 3.92. The van der Waals surface area contributed by atoms with E-state index in [4.69, 9.17) is 4.74 Å². The third kappa shape index (κ3) is 5.54. The van der Waals surface area contributed by atoms with Crippen LogP contribution in [0.3, 0.4) is 0 Å². The van der Waals surface area contributed by atoms with E-state index >= 15 is 0 Å². The smallest absolute Gasteiger partial charge is 0.254 e. The first-order valence-electron chi connectivity index (χ1n) is 11.7. The number of carbonyl (C=O) groups excluding carboxylic acids is 1. The van der Waals surface area contributed by atoms with E-state index < -0.39 is 0 Å². The summed E-state index contributed by atoms with van der Waals surface area (Å²) in [4.78, 5) is 30.6. The zero-order valence-corrected chi connectivity index (χ0v) is 20.1. The zero-order valence-electron chi connectivity index (χ0n) is 20.1. The van der Waals surface area contributed by atoms with Gasteiger partial charge >= 0.3 is 0 Å². The fraction of sp³-hybridized carbons (Fsp3) is 0.231. The lowest BCUT2D eigenvalue weighted by molar-refractivity contribution is 0.0746. The molecule has 1 fully saturated rings. The Balaban J connectivity index is 1.22. The molecule has 4 aromatic rings. The minimum absolute atomic E-state index is 0.0357. The van der Waals surface area contributed by atoms with Gasteiger partial charge in [-0.1, -0.05) is 12.1 Å². The summed E-state index contributed by atoms with van der Waals surface area (Å²) < 4.78 is 5.77. The largest absolute Gasteiger partial charge is 0.438 e. The van der Waals surface area contributed by atoms with E-state index in [0.717, 1.165) is 17.3 Å². The van der Waals surface area contributed by atoms with Gasteiger partial charge in [-0.15, -0.1) is 5.10 Å². The van der Waals surface area contributed by atoms with Crippen LogP contribution in [-0.2, 0) is 0 Å². The summed E-state index contributed by atoms with van der Waals surface area (Å²) in [6.45, 7) is 6.23. The maximum atomic E-state index is 13.2. The number of hydrogen-bond donors (Lipinski definition) is 1. The highest BCUT2D eigenvalue weighted by Crippen LogP contribution is 2.23. The first kappa shape index (κ1) is 23.2. The van der Waals surface area contributed by atoms with Gasteiger partial charge in [-0.2, -0.15) is 5.10 Å². The SMILES string of the molecule is Cc1ccc(Oc2cccc(C(=O)N3CCN(c4cc(Nc5ccccn5)nc(C)n4)CC3)c2)nn1. The number of amides is 1. The lowest BCUT2D eigenvalue weighted by Gasteiger charge is -2.35. The number of ether oxygens (including phenoxy) is 1. The highest BCUT2D eigenvalue weighted by Gasteiger charge is 2.24. The molecule has 0 atom stereocenters. The van der Waals surface area contributed by atoms with Crippen LogP contribution in [0.25, 0.3) is 0 Å². The molecule has 0 spiro atoms. The van der Waals surface area contributed by atoms with Crippen LogP contribution >= 0.6 is 0 Å². The molecule has 10 heteroatoms. The quantitative estimate of drug-likeness (QED) is 0.439. The van der Waals surface area contributed by atoms with E-state index in [1.807, 2.05) is 49.1 Å². The molecular formula is C26H26N8O2. The van der Waals surface area contributed by atoms with Crippen molar-refractivity contribution in [2.45, 2.75) is 13.8 Å². The van der Waals surface area contributed by atoms with Crippen LogP contribution < -0.4 is 15.0 Å². The van der Waals surface area contributed by atoms with Crippen LogP contribution in [0, 0.1) is 13.8 Å². The second-order valence-electron chi connectivity index (χ2n) is 8.42. The summed E-state index contributed by atoms with van der Waals surface area (Å²) in [5.41, 5.74) is 1.38. The highest BCUT2D eigenvalue weighted by molar-refractivity contribution is 5.94. The monoisotopic (exact) mass is 482 g/mol. The average Bonchev–Trinajstić information content (AvgIpc) is 2.90. The van der Waals surface area contributed by atoms with Gasteiger partial charge in [0.05, 0.1) is 5.69 Å². The van der Waals surface area contributed by atoms with Gasteiger partial charge in [0.2, 0.25) is 5.88 Å². The van der Waals surface area contributed by atoms with Crippen molar-refractivity contribution in [3.05, 3.63) is 83.9 Å². The van der Waals surface area contributed by atoms with E-state index in [1.54, 1.807) is 36.5 Å². The Bertz CT molecular complexity index is 1340. The Morgan fingerprint density at radius 3 is 2.50 bits per heavy atom. The molecule has 0 saturated carbocycles. The molecule has 3 aromatic heterocycles. The van der Waals surface area contributed by atoms with Gasteiger partial charge in [0, 0.05) is 50.1 Å². The predicted molar refractivity (Wildman–Crippen MR) is 136 cm³/mol. The van der Waals surface area contributed by atoms with Crippen LogP contribution in [0.4, 0.5) is 17.5 Å². The first-order chi connectivity index (χ1) is 17.5. The maximum absolute atomic E-state index is 13.2. The van der Waals surface area contributed by atoms with Crippen molar-refractivity contribution in [3.63, 3.8) is 0 Å². The van der Waals surface area contributed by atoms with E-state index in [2.05, 4.69) is 35.4 Å². The van der Waals surface area contributed by atoms with Crippen LogP contribution in [0.5, 0.6) is 11.6 Å². The lowest BCUT2D eigenvalue weighted by atomic mass is 10.1. The number of pyridine rings is 1. The minimum Gasteiger partial charge on any atom is -0.438 e. The van der Waals surface area contributed by atoms with Crippen molar-refractivity contribution in [2.75, 3.05) is 36.4 Å². The van der Waals surface area contributed by atoms with Crippen LogP contribution in [-0.4, -0.2) is 62.1 Å². The second-order valence-corrected chi connectivity index (χ2v) is 8.42. The highest BCUT2D eigenvalue weighted by atomic mass is 16.5. The molecule has 182 valence electrons. The summed E-state index contributed by atoms with van der Waals surface area (Å²) in [6.07, 6.45) is 1.73. The number of piperazine rings is 1. The Morgan fingerprint density at radius 2 is 1.75 bits per heavy atom. The van der Waals surface area contributed by atoms with Crippen LogP contribution in [0.15, 0.2) is 66.9 Å². The predicted octanol–water partition coefficient (Wildman–Crippen LogP) is 3.78. The number of anilines is 3. The molecule has 1 aliphatic rings. The molecular weight excluding hydrogens is 456 g/mol. The standard InChI is InChI=1S/C26H26N8O2/c1-18-9-10-25(32-31-18)36-21-7-5-6-20(16-21)26(35)34-14-12-33(13-15-34)24-17-23(28-19(2)29-24)30-22-8-3-4-11-27-22/h3-11,16-17H,12-15H2,1-2H3,(H,27,28,29,30). The number of hydrogen-bond acceptors (Lipinski definition) is 9. The molecule has 1 saturated heterocycles. The number of benzene rings is 1. The Morgan fingerprint density at radius 1 is 0.889 bits per heavy atom. The molecule has 36 heavy (non-hydrogen) atoms. The Hall–Kier alpha value is -4.60.